The molecule has 0 saturated carbocycles. The zero-order chi connectivity index (χ0) is 18.5. The van der Waals surface area contributed by atoms with Crippen LogP contribution in [0.4, 0.5) is 5.13 Å². The van der Waals surface area contributed by atoms with Crippen molar-refractivity contribution in [2.24, 2.45) is 0 Å². The first-order chi connectivity index (χ1) is 12.5. The molecule has 26 heavy (non-hydrogen) atoms. The van der Waals surface area contributed by atoms with Crippen molar-refractivity contribution in [3.8, 4) is 11.4 Å². The molecule has 0 saturated heterocycles. The van der Waals surface area contributed by atoms with Crippen LogP contribution in [-0.2, 0) is 9.59 Å². The van der Waals surface area contributed by atoms with Gasteiger partial charge in [-0.2, -0.15) is 0 Å². The van der Waals surface area contributed by atoms with Gasteiger partial charge in [0, 0.05) is 23.5 Å². The van der Waals surface area contributed by atoms with Gasteiger partial charge in [-0.1, -0.05) is 23.7 Å². The minimum absolute atomic E-state index is 0.0959. The van der Waals surface area contributed by atoms with Crippen molar-refractivity contribution in [2.45, 2.75) is 19.4 Å². The molecule has 0 fully saturated rings. The molecular formula is C18H17ClN4O2S. The third kappa shape index (κ3) is 4.71. The average Bonchev–Trinajstić information content (AvgIpc) is 3.25. The van der Waals surface area contributed by atoms with E-state index in [9.17, 15) is 9.59 Å². The van der Waals surface area contributed by atoms with Crippen molar-refractivity contribution in [3.63, 3.8) is 0 Å². The third-order valence-electron chi connectivity index (χ3n) is 3.66. The Morgan fingerprint density at radius 2 is 2.04 bits per heavy atom. The number of aromatic amines is 1. The van der Waals surface area contributed by atoms with Crippen molar-refractivity contribution in [3.05, 3.63) is 58.6 Å². The lowest BCUT2D eigenvalue weighted by atomic mass is 10.0. The average molecular weight is 389 g/mol. The van der Waals surface area contributed by atoms with E-state index >= 15 is 0 Å². The first kappa shape index (κ1) is 18.2. The SMILES string of the molecule is CC(=O)N[C@@H](CC(=O)Nc1nc(-c2ccc[nH]2)cs1)c1ccc(Cl)cc1. The number of benzene rings is 1. The summed E-state index contributed by atoms with van der Waals surface area (Å²) in [5.41, 5.74) is 2.47. The van der Waals surface area contributed by atoms with Crippen LogP contribution in [0, 0.1) is 0 Å². The predicted octanol–water partition coefficient (Wildman–Crippen LogP) is 4.00. The number of nitrogens with one attached hydrogen (secondary N) is 3. The Hall–Kier alpha value is -2.64. The fourth-order valence-electron chi connectivity index (χ4n) is 2.49. The topological polar surface area (TPSA) is 86.9 Å². The van der Waals surface area contributed by atoms with Crippen LogP contribution < -0.4 is 10.6 Å². The van der Waals surface area contributed by atoms with Gasteiger partial charge in [0.1, 0.15) is 0 Å². The monoisotopic (exact) mass is 388 g/mol. The summed E-state index contributed by atoms with van der Waals surface area (Å²) in [6.45, 7) is 1.42. The normalized spacial score (nSPS) is 11.8. The maximum absolute atomic E-state index is 12.4. The van der Waals surface area contributed by atoms with Crippen molar-refractivity contribution in [2.75, 3.05) is 5.32 Å². The highest BCUT2D eigenvalue weighted by atomic mass is 35.5. The zero-order valence-corrected chi connectivity index (χ0v) is 15.5. The van der Waals surface area contributed by atoms with E-state index in [1.165, 1.54) is 18.3 Å². The van der Waals surface area contributed by atoms with Gasteiger partial charge in [0.25, 0.3) is 0 Å². The van der Waals surface area contributed by atoms with Crippen molar-refractivity contribution in [1.82, 2.24) is 15.3 Å². The van der Waals surface area contributed by atoms with E-state index in [1.807, 2.05) is 23.7 Å². The summed E-state index contributed by atoms with van der Waals surface area (Å²) in [7, 11) is 0. The number of carbonyl (C=O) groups is 2. The van der Waals surface area contributed by atoms with E-state index in [0.717, 1.165) is 17.0 Å². The van der Waals surface area contributed by atoms with E-state index in [4.69, 9.17) is 11.6 Å². The van der Waals surface area contributed by atoms with E-state index < -0.39 is 6.04 Å². The van der Waals surface area contributed by atoms with E-state index in [2.05, 4.69) is 20.6 Å². The van der Waals surface area contributed by atoms with Gasteiger partial charge in [-0.25, -0.2) is 4.98 Å². The molecule has 6 nitrogen and oxygen atoms in total. The molecule has 134 valence electrons. The highest BCUT2D eigenvalue weighted by Crippen LogP contribution is 2.25. The van der Waals surface area contributed by atoms with Crippen LogP contribution in [0.5, 0.6) is 0 Å². The Bertz CT molecular complexity index is 890. The number of hydrogen-bond acceptors (Lipinski definition) is 4. The lowest BCUT2D eigenvalue weighted by Gasteiger charge is -2.17. The van der Waals surface area contributed by atoms with Gasteiger partial charge in [-0.15, -0.1) is 11.3 Å². The van der Waals surface area contributed by atoms with Crippen LogP contribution in [0.2, 0.25) is 5.02 Å². The Kier molecular flexibility index (Phi) is 5.70. The standard InChI is InChI=1S/C18H17ClN4O2S/c1-11(24)21-15(12-4-6-13(19)7-5-12)9-17(25)23-18-22-16(10-26-18)14-3-2-8-20-14/h2-8,10,15,20H,9H2,1H3,(H,21,24)(H,22,23,25)/t15-/m0/s1. The second-order valence-electron chi connectivity index (χ2n) is 5.68. The molecule has 3 N–H and O–H groups in total. The molecule has 3 rings (SSSR count). The molecule has 0 spiro atoms. The number of carbonyl (C=O) groups excluding carboxylic acids is 2. The molecule has 2 aromatic heterocycles. The number of nitrogens with zero attached hydrogens (tertiary/aromatic N) is 1. The van der Waals surface area contributed by atoms with Crippen LogP contribution in [-0.4, -0.2) is 21.8 Å². The number of H-pyrrole nitrogens is 1. The van der Waals surface area contributed by atoms with Crippen LogP contribution in [0.1, 0.15) is 24.9 Å². The maximum Gasteiger partial charge on any atom is 0.228 e. The minimum atomic E-state index is -0.437. The highest BCUT2D eigenvalue weighted by molar-refractivity contribution is 7.14. The van der Waals surface area contributed by atoms with Gasteiger partial charge in [-0.05, 0) is 29.8 Å². The number of aromatic nitrogens is 2. The number of rotatable bonds is 6. The molecular weight excluding hydrogens is 372 g/mol. The summed E-state index contributed by atoms with van der Waals surface area (Å²) in [4.78, 5) is 31.4. The molecule has 2 heterocycles. The maximum atomic E-state index is 12.4. The summed E-state index contributed by atoms with van der Waals surface area (Å²) in [5, 5.41) is 8.56. The summed E-state index contributed by atoms with van der Waals surface area (Å²) in [6, 6.07) is 10.4. The van der Waals surface area contributed by atoms with Gasteiger partial charge in [0.05, 0.1) is 23.9 Å². The molecule has 1 aromatic carbocycles. The third-order valence-corrected chi connectivity index (χ3v) is 4.67. The van der Waals surface area contributed by atoms with Crippen molar-refractivity contribution < 1.29 is 9.59 Å². The van der Waals surface area contributed by atoms with Crippen LogP contribution in [0.25, 0.3) is 11.4 Å². The number of halogens is 1. The summed E-state index contributed by atoms with van der Waals surface area (Å²) >= 11 is 7.25. The quantitative estimate of drug-likeness (QED) is 0.596. The molecule has 8 heteroatoms. The summed E-state index contributed by atoms with van der Waals surface area (Å²) in [5.74, 6) is -0.438. The first-order valence-electron chi connectivity index (χ1n) is 7.93. The Morgan fingerprint density at radius 3 is 2.69 bits per heavy atom. The predicted molar refractivity (Wildman–Crippen MR) is 103 cm³/mol. The zero-order valence-electron chi connectivity index (χ0n) is 14.0. The largest absolute Gasteiger partial charge is 0.360 e. The van der Waals surface area contributed by atoms with Crippen LogP contribution in [0.3, 0.4) is 0 Å². The molecule has 0 aliphatic heterocycles. The fourth-order valence-corrected chi connectivity index (χ4v) is 3.35. The lowest BCUT2D eigenvalue weighted by molar-refractivity contribution is -0.120. The molecule has 0 unspecified atom stereocenters. The number of thiazole rings is 1. The Balaban J connectivity index is 1.67. The summed E-state index contributed by atoms with van der Waals surface area (Å²) in [6.07, 6.45) is 1.91. The summed E-state index contributed by atoms with van der Waals surface area (Å²) < 4.78 is 0. The second kappa shape index (κ2) is 8.16. The Labute approximate surface area is 159 Å². The minimum Gasteiger partial charge on any atom is -0.360 e. The van der Waals surface area contributed by atoms with E-state index in [-0.39, 0.29) is 18.2 Å². The highest BCUT2D eigenvalue weighted by Gasteiger charge is 2.18. The van der Waals surface area contributed by atoms with Crippen LogP contribution in [0.15, 0.2) is 48.0 Å². The van der Waals surface area contributed by atoms with Crippen molar-refractivity contribution in [1.29, 1.82) is 0 Å². The van der Waals surface area contributed by atoms with Gasteiger partial charge in [-0.3, -0.25) is 9.59 Å². The second-order valence-corrected chi connectivity index (χ2v) is 6.97. The van der Waals surface area contributed by atoms with Gasteiger partial charge < -0.3 is 15.6 Å². The molecule has 1 atom stereocenters. The van der Waals surface area contributed by atoms with E-state index in [1.54, 1.807) is 24.3 Å². The van der Waals surface area contributed by atoms with Crippen molar-refractivity contribution >= 4 is 39.9 Å². The molecule has 0 aliphatic rings. The number of amides is 2. The molecule has 3 aromatic rings. The molecule has 0 aliphatic carbocycles. The molecule has 0 bridgehead atoms. The number of hydrogen-bond donors (Lipinski definition) is 3. The lowest BCUT2D eigenvalue weighted by Crippen LogP contribution is -2.29. The smallest absolute Gasteiger partial charge is 0.228 e. The molecule has 2 amide bonds. The number of anilines is 1. The fraction of sp³-hybridized carbons (Fsp3) is 0.167. The van der Waals surface area contributed by atoms with Gasteiger partial charge in [0.2, 0.25) is 11.8 Å². The van der Waals surface area contributed by atoms with Crippen LogP contribution >= 0.6 is 22.9 Å². The van der Waals surface area contributed by atoms with E-state index in [0.29, 0.717) is 10.2 Å². The molecule has 0 radical (unpaired) electrons. The first-order valence-corrected chi connectivity index (χ1v) is 9.19. The van der Waals surface area contributed by atoms with Gasteiger partial charge in [0.15, 0.2) is 5.13 Å². The van der Waals surface area contributed by atoms with Gasteiger partial charge >= 0.3 is 0 Å². The Morgan fingerprint density at radius 1 is 1.27 bits per heavy atom.